The van der Waals surface area contributed by atoms with Crippen LogP contribution in [0.15, 0.2) is 35.3 Å². The van der Waals surface area contributed by atoms with E-state index in [0.717, 1.165) is 16.8 Å². The van der Waals surface area contributed by atoms with Gasteiger partial charge in [0.1, 0.15) is 5.82 Å². The Morgan fingerprint density at radius 1 is 1.44 bits per heavy atom. The van der Waals surface area contributed by atoms with Gasteiger partial charge in [-0.2, -0.15) is 0 Å². The summed E-state index contributed by atoms with van der Waals surface area (Å²) in [6.07, 6.45) is 1.07. The molecule has 0 radical (unpaired) electrons. The first-order chi connectivity index (χ1) is 7.59. The Kier molecular flexibility index (Phi) is 2.32. The smallest absolute Gasteiger partial charge is 0.354 e. The molecular weight excluding hydrogens is 215 g/mol. The molecule has 0 bridgehead atoms. The van der Waals surface area contributed by atoms with Crippen molar-refractivity contribution in [1.29, 1.82) is 0 Å². The van der Waals surface area contributed by atoms with Crippen LogP contribution in [0.25, 0.3) is 5.69 Å². The second-order valence-corrected chi connectivity index (χ2v) is 3.10. The van der Waals surface area contributed by atoms with Crippen LogP contribution < -0.4 is 5.69 Å². The van der Waals surface area contributed by atoms with Gasteiger partial charge in [0.2, 0.25) is 0 Å². The Morgan fingerprint density at radius 3 is 2.81 bits per heavy atom. The fraction of sp³-hybridized carbons (Fsp3) is 0. The molecule has 0 spiro atoms. The number of nitrogens with one attached hydrogen (secondary N) is 1. The van der Waals surface area contributed by atoms with Crippen molar-refractivity contribution in [3.63, 3.8) is 0 Å². The van der Waals surface area contributed by atoms with Gasteiger partial charge in [0, 0.05) is 6.20 Å². The van der Waals surface area contributed by atoms with Gasteiger partial charge < -0.3 is 10.1 Å². The number of hydrogen-bond donors (Lipinski definition) is 2. The van der Waals surface area contributed by atoms with Crippen LogP contribution >= 0.6 is 0 Å². The molecule has 1 heterocycles. The first-order valence-corrected chi connectivity index (χ1v) is 4.39. The molecule has 16 heavy (non-hydrogen) atoms. The lowest BCUT2D eigenvalue weighted by molar-refractivity contribution is 0.0688. The average molecular weight is 222 g/mol. The normalized spacial score (nSPS) is 10.3. The first kappa shape index (κ1) is 10.2. The van der Waals surface area contributed by atoms with E-state index in [4.69, 9.17) is 5.11 Å². The summed E-state index contributed by atoms with van der Waals surface area (Å²) in [5.41, 5.74) is -0.692. The molecular formula is C10H7FN2O3. The summed E-state index contributed by atoms with van der Waals surface area (Å²) >= 11 is 0. The van der Waals surface area contributed by atoms with Gasteiger partial charge in [-0.25, -0.2) is 14.0 Å². The standard InChI is InChI=1S/C10H7FN2O3/c11-6-2-1-3-7(4-6)13-8(9(14)15)5-12-10(13)16/h1-5H,(H,12,16)(H,14,15). The molecule has 1 aromatic carbocycles. The zero-order valence-corrected chi connectivity index (χ0v) is 7.98. The van der Waals surface area contributed by atoms with Gasteiger partial charge in [0.15, 0.2) is 5.69 Å². The molecule has 0 atom stereocenters. The minimum Gasteiger partial charge on any atom is -0.477 e. The van der Waals surface area contributed by atoms with Crippen molar-refractivity contribution in [2.24, 2.45) is 0 Å². The highest BCUT2D eigenvalue weighted by Gasteiger charge is 2.14. The Balaban J connectivity index is 2.68. The molecule has 6 heteroatoms. The maximum atomic E-state index is 13.0. The number of nitrogens with zero attached hydrogens (tertiary/aromatic N) is 1. The number of benzene rings is 1. The van der Waals surface area contributed by atoms with Crippen LogP contribution in [0.4, 0.5) is 4.39 Å². The van der Waals surface area contributed by atoms with Crippen LogP contribution in [-0.4, -0.2) is 20.6 Å². The molecule has 82 valence electrons. The SMILES string of the molecule is O=C(O)c1c[nH]c(=O)n1-c1cccc(F)c1. The minimum atomic E-state index is -1.26. The molecule has 0 amide bonds. The Hall–Kier alpha value is -2.37. The lowest BCUT2D eigenvalue weighted by Crippen LogP contribution is -2.19. The van der Waals surface area contributed by atoms with E-state index in [1.54, 1.807) is 0 Å². The Bertz CT molecular complexity index is 600. The van der Waals surface area contributed by atoms with E-state index in [0.29, 0.717) is 0 Å². The summed E-state index contributed by atoms with van der Waals surface area (Å²) in [5.74, 6) is -1.80. The van der Waals surface area contributed by atoms with Crippen LogP contribution in [0.1, 0.15) is 10.5 Å². The van der Waals surface area contributed by atoms with Crippen molar-refractivity contribution < 1.29 is 14.3 Å². The van der Waals surface area contributed by atoms with Crippen LogP contribution in [0.5, 0.6) is 0 Å². The van der Waals surface area contributed by atoms with Crippen molar-refractivity contribution in [3.8, 4) is 5.69 Å². The molecule has 0 fully saturated rings. The van der Waals surface area contributed by atoms with Crippen molar-refractivity contribution in [1.82, 2.24) is 9.55 Å². The minimum absolute atomic E-state index is 0.170. The van der Waals surface area contributed by atoms with E-state index in [-0.39, 0.29) is 11.4 Å². The van der Waals surface area contributed by atoms with E-state index in [9.17, 15) is 14.0 Å². The summed E-state index contributed by atoms with van der Waals surface area (Å²) in [6.45, 7) is 0. The van der Waals surface area contributed by atoms with Crippen molar-refractivity contribution in [2.45, 2.75) is 0 Å². The predicted octanol–water partition coefficient (Wildman–Crippen LogP) is 1.00. The van der Waals surface area contributed by atoms with Gasteiger partial charge >= 0.3 is 11.7 Å². The van der Waals surface area contributed by atoms with Gasteiger partial charge in [0.25, 0.3) is 0 Å². The Morgan fingerprint density at radius 2 is 2.19 bits per heavy atom. The number of aromatic nitrogens is 2. The first-order valence-electron chi connectivity index (χ1n) is 4.39. The number of hydrogen-bond acceptors (Lipinski definition) is 2. The number of H-pyrrole nitrogens is 1. The fourth-order valence-electron chi connectivity index (χ4n) is 1.40. The van der Waals surface area contributed by atoms with E-state index >= 15 is 0 Å². The summed E-state index contributed by atoms with van der Waals surface area (Å²) in [6, 6.07) is 5.14. The molecule has 0 saturated heterocycles. The molecule has 0 unspecified atom stereocenters. The fourth-order valence-corrected chi connectivity index (χ4v) is 1.40. The van der Waals surface area contributed by atoms with Gasteiger partial charge in [-0.1, -0.05) is 6.07 Å². The quantitative estimate of drug-likeness (QED) is 0.796. The number of carboxylic acid groups (broad SMARTS) is 1. The number of rotatable bonds is 2. The van der Waals surface area contributed by atoms with E-state index < -0.39 is 17.5 Å². The maximum Gasteiger partial charge on any atom is 0.354 e. The summed E-state index contributed by atoms with van der Waals surface area (Å²) < 4.78 is 13.8. The average Bonchev–Trinajstić information content (AvgIpc) is 2.60. The van der Waals surface area contributed by atoms with Crippen molar-refractivity contribution in [2.75, 3.05) is 0 Å². The van der Waals surface area contributed by atoms with E-state index in [1.165, 1.54) is 18.2 Å². The second kappa shape index (κ2) is 3.65. The number of halogens is 1. The van der Waals surface area contributed by atoms with Crippen LogP contribution in [0, 0.1) is 5.82 Å². The zero-order valence-electron chi connectivity index (χ0n) is 7.98. The van der Waals surface area contributed by atoms with E-state index in [1.807, 2.05) is 0 Å². The maximum absolute atomic E-state index is 13.0. The third kappa shape index (κ3) is 1.60. The molecule has 0 aliphatic carbocycles. The topological polar surface area (TPSA) is 75.1 Å². The Labute approximate surface area is 88.8 Å². The number of aromatic carboxylic acids is 1. The monoisotopic (exact) mass is 222 g/mol. The highest BCUT2D eigenvalue weighted by Crippen LogP contribution is 2.10. The summed E-state index contributed by atoms with van der Waals surface area (Å²) in [4.78, 5) is 24.4. The third-order valence-corrected chi connectivity index (χ3v) is 2.06. The number of carboxylic acids is 1. The van der Waals surface area contributed by atoms with Gasteiger partial charge in [-0.3, -0.25) is 4.57 Å². The summed E-state index contributed by atoms with van der Waals surface area (Å²) in [5, 5.41) is 8.84. The lowest BCUT2D eigenvalue weighted by Gasteiger charge is -2.03. The molecule has 0 aliphatic heterocycles. The molecule has 0 aliphatic rings. The zero-order chi connectivity index (χ0) is 11.7. The predicted molar refractivity (Wildman–Crippen MR) is 53.3 cm³/mol. The van der Waals surface area contributed by atoms with Crippen molar-refractivity contribution in [3.05, 3.63) is 52.5 Å². The van der Waals surface area contributed by atoms with Crippen LogP contribution in [-0.2, 0) is 0 Å². The second-order valence-electron chi connectivity index (χ2n) is 3.10. The third-order valence-electron chi connectivity index (χ3n) is 2.06. The van der Waals surface area contributed by atoms with Crippen LogP contribution in [0.2, 0.25) is 0 Å². The summed E-state index contributed by atoms with van der Waals surface area (Å²) in [7, 11) is 0. The molecule has 1 aromatic heterocycles. The van der Waals surface area contributed by atoms with Gasteiger partial charge in [-0.05, 0) is 18.2 Å². The number of aromatic amines is 1. The molecule has 2 N–H and O–H groups in total. The highest BCUT2D eigenvalue weighted by molar-refractivity contribution is 5.86. The van der Waals surface area contributed by atoms with Gasteiger partial charge in [0.05, 0.1) is 5.69 Å². The molecule has 5 nitrogen and oxygen atoms in total. The number of carbonyl (C=O) groups is 1. The van der Waals surface area contributed by atoms with Gasteiger partial charge in [-0.15, -0.1) is 0 Å². The largest absolute Gasteiger partial charge is 0.477 e. The molecule has 0 saturated carbocycles. The molecule has 2 rings (SSSR count). The number of imidazole rings is 1. The molecule has 2 aromatic rings. The van der Waals surface area contributed by atoms with Crippen LogP contribution in [0.3, 0.4) is 0 Å². The van der Waals surface area contributed by atoms with Crippen molar-refractivity contribution >= 4 is 5.97 Å². The van der Waals surface area contributed by atoms with E-state index in [2.05, 4.69) is 4.98 Å². The lowest BCUT2D eigenvalue weighted by atomic mass is 10.3. The highest BCUT2D eigenvalue weighted by atomic mass is 19.1.